The summed E-state index contributed by atoms with van der Waals surface area (Å²) < 4.78 is 5.25. The number of nitrogens with zero attached hydrogens (tertiary/aromatic N) is 3. The van der Waals surface area contributed by atoms with Gasteiger partial charge in [-0.25, -0.2) is 4.98 Å². The van der Waals surface area contributed by atoms with Gasteiger partial charge in [0.05, 0.1) is 23.4 Å². The van der Waals surface area contributed by atoms with E-state index in [0.717, 1.165) is 29.1 Å². The molecule has 0 unspecified atom stereocenters. The molecule has 3 aromatic rings. The Balaban J connectivity index is 1.32. The summed E-state index contributed by atoms with van der Waals surface area (Å²) in [5.41, 5.74) is 3.27. The number of carbonyl (C=O) groups is 2. The number of aromatic nitrogens is 2. The number of likely N-dealkylation sites (tertiary alicyclic amines) is 1. The van der Waals surface area contributed by atoms with E-state index in [9.17, 15) is 9.59 Å². The highest BCUT2D eigenvalue weighted by Gasteiger charge is 2.28. The molecule has 4 rings (SSSR count). The Hall–Kier alpha value is -2.52. The van der Waals surface area contributed by atoms with Crippen LogP contribution in [0.1, 0.15) is 55.3 Å². The fraction of sp³-hybridized carbons (Fsp3) is 0.368. The van der Waals surface area contributed by atoms with Crippen molar-refractivity contribution < 1.29 is 14.1 Å². The lowest BCUT2D eigenvalue weighted by Crippen LogP contribution is -2.37. The summed E-state index contributed by atoms with van der Waals surface area (Å²) >= 11 is 2.98. The summed E-state index contributed by atoms with van der Waals surface area (Å²) in [7, 11) is 0. The number of piperidine rings is 1. The first-order valence-electron chi connectivity index (χ1n) is 9.08. The van der Waals surface area contributed by atoms with Crippen LogP contribution in [-0.4, -0.2) is 39.9 Å². The maximum atomic E-state index is 12.6. The third-order valence-corrected chi connectivity index (χ3v) is 6.69. The van der Waals surface area contributed by atoms with Gasteiger partial charge in [-0.05, 0) is 31.2 Å². The lowest BCUT2D eigenvalue weighted by atomic mass is 9.93. The van der Waals surface area contributed by atoms with Crippen molar-refractivity contribution in [3.63, 3.8) is 0 Å². The van der Waals surface area contributed by atoms with E-state index in [0.29, 0.717) is 24.5 Å². The quantitative estimate of drug-likeness (QED) is 0.688. The first-order chi connectivity index (χ1) is 13.6. The Morgan fingerprint density at radius 1 is 1.32 bits per heavy atom. The molecule has 0 spiro atoms. The summed E-state index contributed by atoms with van der Waals surface area (Å²) in [6.45, 7) is 3.65. The maximum absolute atomic E-state index is 12.6. The number of thiophene rings is 1. The largest absolute Gasteiger partial charge is 0.351 e. The monoisotopic (exact) mass is 416 g/mol. The van der Waals surface area contributed by atoms with Crippen LogP contribution in [0.25, 0.3) is 0 Å². The molecule has 2 amide bonds. The summed E-state index contributed by atoms with van der Waals surface area (Å²) in [4.78, 5) is 32.7. The first kappa shape index (κ1) is 18.8. The third-order valence-electron chi connectivity index (χ3n) is 4.90. The van der Waals surface area contributed by atoms with Crippen molar-refractivity contribution in [2.75, 3.05) is 13.1 Å². The van der Waals surface area contributed by atoms with Crippen molar-refractivity contribution >= 4 is 34.5 Å². The van der Waals surface area contributed by atoms with Crippen molar-refractivity contribution in [2.24, 2.45) is 0 Å². The molecular formula is C19H20N4O3S2. The van der Waals surface area contributed by atoms with Gasteiger partial charge in [-0.3, -0.25) is 9.59 Å². The van der Waals surface area contributed by atoms with Crippen molar-refractivity contribution in [1.82, 2.24) is 20.4 Å². The van der Waals surface area contributed by atoms with Gasteiger partial charge >= 0.3 is 0 Å². The highest BCUT2D eigenvalue weighted by atomic mass is 32.1. The van der Waals surface area contributed by atoms with Gasteiger partial charge in [0, 0.05) is 30.0 Å². The number of nitrogens with one attached hydrogen (secondary N) is 1. The van der Waals surface area contributed by atoms with Gasteiger partial charge < -0.3 is 14.7 Å². The van der Waals surface area contributed by atoms with Gasteiger partial charge in [-0.15, -0.1) is 22.7 Å². The standard InChI is InChI=1S/C19H20N4O3S2/c1-12-17(28-11-21-12)19(25)23-6-4-13(5-7-23)15-9-16(26-22-15)18(24)20-10-14-3-2-8-27-14/h2-3,8-9,11,13H,4-7,10H2,1H3,(H,20,24). The predicted molar refractivity (Wildman–Crippen MR) is 107 cm³/mol. The second-order valence-corrected chi connectivity index (χ2v) is 8.60. The summed E-state index contributed by atoms with van der Waals surface area (Å²) in [5.74, 6) is 0.201. The van der Waals surface area contributed by atoms with Gasteiger partial charge in [0.2, 0.25) is 5.76 Å². The summed E-state index contributed by atoms with van der Waals surface area (Å²) in [6.07, 6.45) is 1.60. The molecule has 1 saturated heterocycles. The maximum Gasteiger partial charge on any atom is 0.290 e. The van der Waals surface area contributed by atoms with Crippen LogP contribution in [0.2, 0.25) is 0 Å². The van der Waals surface area contributed by atoms with Gasteiger partial charge in [-0.1, -0.05) is 11.2 Å². The SMILES string of the molecule is Cc1ncsc1C(=O)N1CCC(c2cc(C(=O)NCc3cccs3)on2)CC1. The number of hydrogen-bond donors (Lipinski definition) is 1. The molecule has 28 heavy (non-hydrogen) atoms. The van der Waals surface area contributed by atoms with Crippen molar-refractivity contribution in [3.8, 4) is 0 Å². The van der Waals surface area contributed by atoms with Crippen molar-refractivity contribution in [3.05, 3.63) is 56.0 Å². The van der Waals surface area contributed by atoms with Gasteiger partial charge in [0.1, 0.15) is 4.88 Å². The van der Waals surface area contributed by atoms with Gasteiger partial charge in [-0.2, -0.15) is 0 Å². The van der Waals surface area contributed by atoms with E-state index in [1.165, 1.54) is 11.3 Å². The zero-order chi connectivity index (χ0) is 19.5. The lowest BCUT2D eigenvalue weighted by molar-refractivity contribution is 0.0715. The minimum atomic E-state index is -0.263. The molecule has 0 aromatic carbocycles. The Morgan fingerprint density at radius 3 is 2.82 bits per heavy atom. The van der Waals surface area contributed by atoms with Crippen LogP contribution in [0.15, 0.2) is 33.6 Å². The highest BCUT2D eigenvalue weighted by Crippen LogP contribution is 2.29. The van der Waals surface area contributed by atoms with Crippen LogP contribution < -0.4 is 5.32 Å². The Kier molecular flexibility index (Phi) is 5.54. The molecule has 1 aliphatic heterocycles. The van der Waals surface area contributed by atoms with Gasteiger partial charge in [0.25, 0.3) is 11.8 Å². The van der Waals surface area contributed by atoms with E-state index in [1.807, 2.05) is 29.3 Å². The zero-order valence-corrected chi connectivity index (χ0v) is 17.0. The molecule has 4 heterocycles. The predicted octanol–water partition coefficient (Wildman–Crippen LogP) is 3.45. The van der Waals surface area contributed by atoms with E-state index >= 15 is 0 Å². The number of thiazole rings is 1. The van der Waals surface area contributed by atoms with Gasteiger partial charge in [0.15, 0.2) is 0 Å². The number of carbonyl (C=O) groups excluding carboxylic acids is 2. The minimum absolute atomic E-state index is 0.0484. The molecule has 7 nitrogen and oxygen atoms in total. The van der Waals surface area contributed by atoms with Crippen molar-refractivity contribution in [2.45, 2.75) is 32.2 Å². The highest BCUT2D eigenvalue weighted by molar-refractivity contribution is 7.11. The molecule has 0 atom stereocenters. The molecule has 0 saturated carbocycles. The van der Waals surface area contributed by atoms with Crippen LogP contribution in [-0.2, 0) is 6.54 Å². The van der Waals surface area contributed by atoms with Crippen LogP contribution >= 0.6 is 22.7 Å². The Bertz CT molecular complexity index is 956. The normalized spacial score (nSPS) is 15.0. The van der Waals surface area contributed by atoms with Crippen LogP contribution in [0, 0.1) is 6.92 Å². The molecule has 146 valence electrons. The summed E-state index contributed by atoms with van der Waals surface area (Å²) in [6, 6.07) is 5.64. The average Bonchev–Trinajstić information content (AvgIpc) is 3.47. The van der Waals surface area contributed by atoms with E-state index in [2.05, 4.69) is 15.5 Å². The topological polar surface area (TPSA) is 88.3 Å². The molecule has 1 fully saturated rings. The van der Waals surface area contributed by atoms with Crippen LogP contribution in [0.4, 0.5) is 0 Å². The van der Waals surface area contributed by atoms with E-state index in [-0.39, 0.29) is 23.5 Å². The molecule has 3 aromatic heterocycles. The zero-order valence-electron chi connectivity index (χ0n) is 15.4. The average molecular weight is 417 g/mol. The second kappa shape index (κ2) is 8.24. The van der Waals surface area contributed by atoms with Crippen LogP contribution in [0.3, 0.4) is 0 Å². The molecule has 1 N–H and O–H groups in total. The molecule has 9 heteroatoms. The van der Waals surface area contributed by atoms with E-state index < -0.39 is 0 Å². The fourth-order valence-corrected chi connectivity index (χ4v) is 4.70. The first-order valence-corrected chi connectivity index (χ1v) is 10.8. The van der Waals surface area contributed by atoms with E-state index in [1.54, 1.807) is 22.9 Å². The molecule has 0 radical (unpaired) electrons. The minimum Gasteiger partial charge on any atom is -0.351 e. The Labute approximate surface area is 170 Å². The lowest BCUT2D eigenvalue weighted by Gasteiger charge is -2.30. The molecular weight excluding hydrogens is 396 g/mol. The smallest absolute Gasteiger partial charge is 0.290 e. The number of rotatable bonds is 5. The third kappa shape index (κ3) is 4.00. The second-order valence-electron chi connectivity index (χ2n) is 6.71. The van der Waals surface area contributed by atoms with Crippen LogP contribution in [0.5, 0.6) is 0 Å². The molecule has 0 bridgehead atoms. The number of amides is 2. The molecule has 0 aliphatic carbocycles. The summed E-state index contributed by atoms with van der Waals surface area (Å²) in [5, 5.41) is 8.91. The van der Waals surface area contributed by atoms with Crippen molar-refractivity contribution in [1.29, 1.82) is 0 Å². The van der Waals surface area contributed by atoms with E-state index in [4.69, 9.17) is 4.52 Å². The Morgan fingerprint density at radius 2 is 2.14 bits per heavy atom. The number of aryl methyl sites for hydroxylation is 1. The fourth-order valence-electron chi connectivity index (χ4n) is 3.29. The molecule has 1 aliphatic rings. The number of hydrogen-bond acceptors (Lipinski definition) is 7.